The maximum absolute atomic E-state index is 12.4. The van der Waals surface area contributed by atoms with Gasteiger partial charge in [-0.15, -0.1) is 6.42 Å². The van der Waals surface area contributed by atoms with Crippen LogP contribution in [0.3, 0.4) is 0 Å². The first kappa shape index (κ1) is 22.7. The van der Waals surface area contributed by atoms with E-state index in [-0.39, 0.29) is 17.5 Å². The second-order valence-electron chi connectivity index (χ2n) is 8.35. The van der Waals surface area contributed by atoms with Crippen molar-refractivity contribution in [3.8, 4) is 35.1 Å². The largest absolute Gasteiger partial charge is 0.457 e. The molecule has 4 aromatic rings. The van der Waals surface area contributed by atoms with Crippen molar-refractivity contribution in [3.05, 3.63) is 70.5 Å². The molecule has 2 aromatic carbocycles. The highest BCUT2D eigenvalue weighted by Crippen LogP contribution is 2.34. The van der Waals surface area contributed by atoms with Gasteiger partial charge in [-0.05, 0) is 73.2 Å². The molecule has 0 bridgehead atoms. The summed E-state index contributed by atoms with van der Waals surface area (Å²) in [4.78, 5) is 30.7. The smallest absolute Gasteiger partial charge is 0.298 e. The van der Waals surface area contributed by atoms with Gasteiger partial charge in [0.25, 0.3) is 11.8 Å². The Hall–Kier alpha value is -4.03. The zero-order chi connectivity index (χ0) is 24.5. The number of imidazole rings is 1. The van der Waals surface area contributed by atoms with Crippen molar-refractivity contribution < 1.29 is 14.3 Å². The first-order valence-electron chi connectivity index (χ1n) is 11.1. The lowest BCUT2D eigenvalue weighted by Crippen LogP contribution is -2.37. The summed E-state index contributed by atoms with van der Waals surface area (Å²) in [5.41, 5.74) is 8.93. The fourth-order valence-corrected chi connectivity index (χ4v) is 4.74. The molecular formula is C26H22BrN5O3. The van der Waals surface area contributed by atoms with E-state index in [1.807, 2.05) is 54.7 Å². The van der Waals surface area contributed by atoms with Gasteiger partial charge in [0.05, 0.1) is 0 Å². The molecule has 5 rings (SSSR count). The van der Waals surface area contributed by atoms with Crippen molar-refractivity contribution in [3.63, 3.8) is 0 Å². The number of carbonyl (C=O) groups is 2. The van der Waals surface area contributed by atoms with Crippen LogP contribution < -0.4 is 10.5 Å². The summed E-state index contributed by atoms with van der Waals surface area (Å²) in [6, 6.07) is 14.9. The number of amides is 2. The number of nitrogens with two attached hydrogens (primary N) is 1. The zero-order valence-electron chi connectivity index (χ0n) is 18.7. The van der Waals surface area contributed by atoms with Gasteiger partial charge in [-0.1, -0.05) is 15.9 Å². The highest BCUT2D eigenvalue weighted by molar-refractivity contribution is 9.10. The van der Waals surface area contributed by atoms with Gasteiger partial charge < -0.3 is 15.4 Å². The van der Waals surface area contributed by atoms with E-state index >= 15 is 0 Å². The van der Waals surface area contributed by atoms with Crippen molar-refractivity contribution in [1.29, 1.82) is 0 Å². The number of primary amides is 1. The number of likely N-dealkylation sites (tertiary alicyclic amines) is 1. The van der Waals surface area contributed by atoms with Gasteiger partial charge in [-0.25, -0.2) is 9.50 Å². The van der Waals surface area contributed by atoms with E-state index in [2.05, 4.69) is 26.9 Å². The standard InChI is InChI=1S/C26H22BrN5O3/c1-2-22(33)31-13-11-16(12-14-31)21-15-29-32-24(25(28)34)23(30-26(21)32)17-3-7-19(8-4-17)35-20-9-5-18(27)6-10-20/h1,3-10,15-16,29H,11-14H2,(H2,28,34). The van der Waals surface area contributed by atoms with E-state index in [0.717, 1.165) is 28.4 Å². The van der Waals surface area contributed by atoms with Gasteiger partial charge in [0.15, 0.2) is 11.3 Å². The minimum absolute atomic E-state index is 0.184. The van der Waals surface area contributed by atoms with Crippen LogP contribution in [0.15, 0.2) is 59.2 Å². The Bertz CT molecular complexity index is 1440. The minimum atomic E-state index is -0.578. The molecule has 9 heteroatoms. The van der Waals surface area contributed by atoms with Crippen molar-refractivity contribution in [1.82, 2.24) is 19.5 Å². The SMILES string of the molecule is C#CC(=O)N1CCC(c2c[nH]n3c(C(N)=O)c(-c4ccc(Oc5ccc(Br)cc5)cc4)nc23)CC1. The lowest BCUT2D eigenvalue weighted by atomic mass is 9.91. The fraction of sp³-hybridized carbons (Fsp3) is 0.192. The Labute approximate surface area is 210 Å². The first-order chi connectivity index (χ1) is 16.9. The van der Waals surface area contributed by atoms with Crippen LogP contribution in [0, 0.1) is 12.3 Å². The number of benzene rings is 2. The van der Waals surface area contributed by atoms with Gasteiger partial charge in [0.1, 0.15) is 17.2 Å². The summed E-state index contributed by atoms with van der Waals surface area (Å²) in [6.07, 6.45) is 8.63. The number of hydrogen-bond donors (Lipinski definition) is 2. The van der Waals surface area contributed by atoms with E-state index in [0.29, 0.717) is 35.9 Å². The van der Waals surface area contributed by atoms with E-state index in [1.54, 1.807) is 9.42 Å². The maximum Gasteiger partial charge on any atom is 0.298 e. The highest BCUT2D eigenvalue weighted by Gasteiger charge is 2.28. The van der Waals surface area contributed by atoms with E-state index in [4.69, 9.17) is 21.9 Å². The monoisotopic (exact) mass is 531 g/mol. The lowest BCUT2D eigenvalue weighted by molar-refractivity contribution is -0.126. The average Bonchev–Trinajstić information content (AvgIpc) is 3.45. The number of terminal acetylenes is 1. The third-order valence-electron chi connectivity index (χ3n) is 6.24. The van der Waals surface area contributed by atoms with Gasteiger partial charge in [-0.3, -0.25) is 14.7 Å². The number of H-pyrrole nitrogens is 1. The average molecular weight is 532 g/mol. The van der Waals surface area contributed by atoms with Crippen LogP contribution in [0.1, 0.15) is 34.8 Å². The predicted molar refractivity (Wildman–Crippen MR) is 135 cm³/mol. The second kappa shape index (κ2) is 9.31. The molecule has 3 heterocycles. The summed E-state index contributed by atoms with van der Waals surface area (Å²) in [5.74, 6) is 2.88. The molecule has 3 N–H and O–H groups in total. The molecule has 2 aromatic heterocycles. The molecule has 35 heavy (non-hydrogen) atoms. The number of piperidine rings is 1. The van der Waals surface area contributed by atoms with E-state index < -0.39 is 5.91 Å². The molecule has 8 nitrogen and oxygen atoms in total. The van der Waals surface area contributed by atoms with Crippen LogP contribution in [0.2, 0.25) is 0 Å². The third-order valence-corrected chi connectivity index (χ3v) is 6.77. The Morgan fingerprint density at radius 2 is 1.71 bits per heavy atom. The zero-order valence-corrected chi connectivity index (χ0v) is 20.3. The van der Waals surface area contributed by atoms with Crippen LogP contribution in [-0.4, -0.2) is 44.4 Å². The Morgan fingerprint density at radius 3 is 2.31 bits per heavy atom. The molecule has 0 atom stereocenters. The second-order valence-corrected chi connectivity index (χ2v) is 9.27. The third kappa shape index (κ3) is 4.40. The molecule has 0 spiro atoms. The number of carbonyl (C=O) groups excluding carboxylic acids is 2. The van der Waals surface area contributed by atoms with E-state index in [9.17, 15) is 9.59 Å². The van der Waals surface area contributed by atoms with Crippen molar-refractivity contribution in [2.75, 3.05) is 13.1 Å². The van der Waals surface area contributed by atoms with Crippen LogP contribution >= 0.6 is 15.9 Å². The molecule has 1 fully saturated rings. The normalized spacial score (nSPS) is 14.1. The molecule has 2 amide bonds. The molecule has 0 radical (unpaired) electrons. The summed E-state index contributed by atoms with van der Waals surface area (Å²) < 4.78 is 8.50. The highest BCUT2D eigenvalue weighted by atomic mass is 79.9. The molecule has 176 valence electrons. The topological polar surface area (TPSA) is 106 Å². The molecule has 1 aliphatic heterocycles. The molecule has 0 aliphatic carbocycles. The first-order valence-corrected chi connectivity index (χ1v) is 11.9. The number of nitrogens with one attached hydrogen (secondary N) is 1. The maximum atomic E-state index is 12.4. The van der Waals surface area contributed by atoms with Gasteiger partial charge in [0.2, 0.25) is 0 Å². The summed E-state index contributed by atoms with van der Waals surface area (Å²) in [6.45, 7) is 1.17. The molecule has 1 aliphatic rings. The summed E-state index contributed by atoms with van der Waals surface area (Å²) >= 11 is 3.41. The van der Waals surface area contributed by atoms with Crippen LogP contribution in [0.4, 0.5) is 0 Å². The van der Waals surface area contributed by atoms with Gasteiger partial charge in [0, 0.05) is 34.9 Å². The Morgan fingerprint density at radius 1 is 1.09 bits per heavy atom. The number of halogens is 1. The number of nitrogens with zero attached hydrogens (tertiary/aromatic N) is 3. The lowest BCUT2D eigenvalue weighted by Gasteiger charge is -2.30. The number of rotatable bonds is 5. The summed E-state index contributed by atoms with van der Waals surface area (Å²) in [5, 5.41) is 3.13. The minimum Gasteiger partial charge on any atom is -0.457 e. The number of aromatic amines is 1. The molecule has 0 saturated carbocycles. The van der Waals surface area contributed by atoms with Crippen LogP contribution in [0.5, 0.6) is 11.5 Å². The van der Waals surface area contributed by atoms with Crippen LogP contribution in [-0.2, 0) is 4.79 Å². The number of hydrogen-bond acceptors (Lipinski definition) is 4. The number of ether oxygens (including phenoxy) is 1. The summed E-state index contributed by atoms with van der Waals surface area (Å²) in [7, 11) is 0. The van der Waals surface area contributed by atoms with E-state index in [1.165, 1.54) is 0 Å². The number of fused-ring (bicyclic) bond motifs is 1. The predicted octanol–water partition coefficient (Wildman–Crippen LogP) is 4.32. The van der Waals surface area contributed by atoms with Gasteiger partial charge >= 0.3 is 0 Å². The molecule has 0 unspecified atom stereocenters. The van der Waals surface area contributed by atoms with Crippen molar-refractivity contribution in [2.45, 2.75) is 18.8 Å². The Kier molecular flexibility index (Phi) is 6.05. The number of aromatic nitrogens is 3. The van der Waals surface area contributed by atoms with Crippen LogP contribution in [0.25, 0.3) is 16.9 Å². The van der Waals surface area contributed by atoms with Crippen molar-refractivity contribution in [2.24, 2.45) is 5.73 Å². The van der Waals surface area contributed by atoms with Crippen molar-refractivity contribution >= 4 is 33.4 Å². The Balaban J connectivity index is 1.42. The van der Waals surface area contributed by atoms with Gasteiger partial charge in [-0.2, -0.15) is 0 Å². The molecular weight excluding hydrogens is 510 g/mol. The quantitative estimate of drug-likeness (QED) is 0.374. The molecule has 1 saturated heterocycles. The fourth-order valence-electron chi connectivity index (χ4n) is 4.47.